The number of carbonyl (C=O) groups excluding carboxylic acids is 1. The Balaban J connectivity index is 1.95. The van der Waals surface area contributed by atoms with Gasteiger partial charge in [-0.05, 0) is 35.9 Å². The minimum absolute atomic E-state index is 0.0451. The van der Waals surface area contributed by atoms with Gasteiger partial charge in [-0.2, -0.15) is 0 Å². The number of ketones is 1. The second kappa shape index (κ2) is 4.87. The molecule has 0 saturated heterocycles. The zero-order chi connectivity index (χ0) is 13.4. The Morgan fingerprint density at radius 2 is 1.68 bits per heavy atom. The average molecular weight is 293 g/mol. The summed E-state index contributed by atoms with van der Waals surface area (Å²) in [5, 5.41) is 1.21. The smallest absolute Gasteiger partial charge is 0.170 e. The van der Waals surface area contributed by atoms with Crippen LogP contribution < -0.4 is 4.74 Å². The molecule has 1 aliphatic heterocycles. The number of halogens is 2. The van der Waals surface area contributed by atoms with Crippen molar-refractivity contribution in [2.75, 3.05) is 0 Å². The van der Waals surface area contributed by atoms with Crippen molar-refractivity contribution in [1.82, 2.24) is 0 Å². The quantitative estimate of drug-likeness (QED) is 0.761. The lowest BCUT2D eigenvalue weighted by atomic mass is 9.96. The number of hydrogen-bond acceptors (Lipinski definition) is 2. The first-order valence-corrected chi connectivity index (χ1v) is 6.64. The number of benzene rings is 2. The van der Waals surface area contributed by atoms with Crippen molar-refractivity contribution >= 4 is 29.0 Å². The standard InChI is InChI=1S/C15H10Cl2O2/c16-10-3-1-9(2-4-10)15-8-13(18)12-7-11(17)5-6-14(12)19-15/h1-7,15H,8H2/t15-/m1/s1. The summed E-state index contributed by atoms with van der Waals surface area (Å²) in [5.41, 5.74) is 1.50. The predicted molar refractivity (Wildman–Crippen MR) is 75.2 cm³/mol. The largest absolute Gasteiger partial charge is 0.484 e. The zero-order valence-corrected chi connectivity index (χ0v) is 11.4. The molecule has 2 aromatic carbocycles. The van der Waals surface area contributed by atoms with Crippen LogP contribution in [0.2, 0.25) is 10.0 Å². The van der Waals surface area contributed by atoms with E-state index >= 15 is 0 Å². The van der Waals surface area contributed by atoms with E-state index in [9.17, 15) is 4.79 Å². The molecule has 3 rings (SSSR count). The molecule has 0 radical (unpaired) electrons. The van der Waals surface area contributed by atoms with Gasteiger partial charge in [0.1, 0.15) is 11.9 Å². The summed E-state index contributed by atoms with van der Waals surface area (Å²) in [6.45, 7) is 0. The molecule has 19 heavy (non-hydrogen) atoms. The van der Waals surface area contributed by atoms with E-state index in [1.165, 1.54) is 0 Å². The van der Waals surface area contributed by atoms with Gasteiger partial charge in [0.05, 0.1) is 12.0 Å². The number of Topliss-reactive ketones (excluding diaryl/α,β-unsaturated/α-hetero) is 1. The highest BCUT2D eigenvalue weighted by Crippen LogP contribution is 2.36. The molecule has 0 bridgehead atoms. The Kier molecular flexibility index (Phi) is 3.21. The predicted octanol–water partition coefficient (Wildman–Crippen LogP) is 4.70. The van der Waals surface area contributed by atoms with Gasteiger partial charge in [-0.1, -0.05) is 35.3 Å². The molecule has 96 valence electrons. The van der Waals surface area contributed by atoms with Gasteiger partial charge in [0.15, 0.2) is 5.78 Å². The molecule has 2 nitrogen and oxygen atoms in total. The molecule has 0 aliphatic carbocycles. The van der Waals surface area contributed by atoms with Crippen LogP contribution in [0.25, 0.3) is 0 Å². The van der Waals surface area contributed by atoms with Crippen LogP contribution in [0.5, 0.6) is 5.75 Å². The maximum Gasteiger partial charge on any atom is 0.170 e. The van der Waals surface area contributed by atoms with Crippen LogP contribution in [-0.4, -0.2) is 5.78 Å². The molecule has 1 atom stereocenters. The molecule has 0 unspecified atom stereocenters. The molecule has 0 aromatic heterocycles. The number of rotatable bonds is 1. The highest BCUT2D eigenvalue weighted by atomic mass is 35.5. The van der Waals surface area contributed by atoms with Crippen LogP contribution in [0, 0.1) is 0 Å². The average Bonchev–Trinajstić information content (AvgIpc) is 2.40. The van der Waals surface area contributed by atoms with Crippen molar-refractivity contribution in [3.05, 3.63) is 63.6 Å². The summed E-state index contributed by atoms with van der Waals surface area (Å²) in [5.74, 6) is 0.629. The van der Waals surface area contributed by atoms with E-state index in [1.54, 1.807) is 30.3 Å². The molecule has 0 N–H and O–H groups in total. The normalized spacial score (nSPS) is 17.8. The minimum Gasteiger partial charge on any atom is -0.484 e. The molecular weight excluding hydrogens is 283 g/mol. The van der Waals surface area contributed by atoms with Gasteiger partial charge in [-0.25, -0.2) is 0 Å². The molecule has 0 spiro atoms. The van der Waals surface area contributed by atoms with Crippen molar-refractivity contribution < 1.29 is 9.53 Å². The maximum atomic E-state index is 12.1. The lowest BCUT2D eigenvalue weighted by Gasteiger charge is -2.25. The highest BCUT2D eigenvalue weighted by Gasteiger charge is 2.27. The SMILES string of the molecule is O=C1C[C@H](c2ccc(Cl)cc2)Oc2ccc(Cl)cc21. The van der Waals surface area contributed by atoms with E-state index in [4.69, 9.17) is 27.9 Å². The summed E-state index contributed by atoms with van der Waals surface area (Å²) >= 11 is 11.7. The fourth-order valence-corrected chi connectivity index (χ4v) is 2.46. The van der Waals surface area contributed by atoms with E-state index in [1.807, 2.05) is 12.1 Å². The molecule has 0 saturated carbocycles. The second-order valence-electron chi connectivity index (χ2n) is 4.43. The Hall–Kier alpha value is -1.51. The first-order valence-electron chi connectivity index (χ1n) is 5.88. The van der Waals surface area contributed by atoms with E-state index in [2.05, 4.69) is 0 Å². The molecule has 2 aromatic rings. The number of hydrogen-bond donors (Lipinski definition) is 0. The molecule has 1 heterocycles. The Morgan fingerprint density at radius 3 is 2.42 bits per heavy atom. The third kappa shape index (κ3) is 2.46. The third-order valence-corrected chi connectivity index (χ3v) is 3.61. The van der Waals surface area contributed by atoms with E-state index < -0.39 is 0 Å². The van der Waals surface area contributed by atoms with Crippen molar-refractivity contribution in [2.45, 2.75) is 12.5 Å². The molecule has 0 amide bonds. The number of ether oxygens (including phenoxy) is 1. The van der Waals surface area contributed by atoms with Crippen LogP contribution in [0.3, 0.4) is 0 Å². The Bertz CT molecular complexity index is 635. The van der Waals surface area contributed by atoms with Gasteiger partial charge in [0.2, 0.25) is 0 Å². The first-order chi connectivity index (χ1) is 9.13. The van der Waals surface area contributed by atoms with Crippen LogP contribution in [0.1, 0.15) is 28.4 Å². The zero-order valence-electron chi connectivity index (χ0n) is 9.90. The van der Waals surface area contributed by atoms with Crippen molar-refractivity contribution in [3.63, 3.8) is 0 Å². The van der Waals surface area contributed by atoms with Gasteiger partial charge in [-0.15, -0.1) is 0 Å². The summed E-state index contributed by atoms with van der Waals surface area (Å²) in [6, 6.07) is 12.4. The van der Waals surface area contributed by atoms with Crippen LogP contribution in [0.4, 0.5) is 0 Å². The third-order valence-electron chi connectivity index (χ3n) is 3.12. The van der Waals surface area contributed by atoms with E-state index in [0.717, 1.165) is 5.56 Å². The monoisotopic (exact) mass is 292 g/mol. The number of fused-ring (bicyclic) bond motifs is 1. The van der Waals surface area contributed by atoms with E-state index in [-0.39, 0.29) is 11.9 Å². The highest BCUT2D eigenvalue weighted by molar-refractivity contribution is 6.31. The fraction of sp³-hybridized carbons (Fsp3) is 0.133. The van der Waals surface area contributed by atoms with Crippen LogP contribution in [0.15, 0.2) is 42.5 Å². The van der Waals surface area contributed by atoms with Crippen molar-refractivity contribution in [2.24, 2.45) is 0 Å². The molecule has 0 fully saturated rings. The fourth-order valence-electron chi connectivity index (χ4n) is 2.16. The lowest BCUT2D eigenvalue weighted by Crippen LogP contribution is -2.20. The summed E-state index contributed by atoms with van der Waals surface area (Å²) in [7, 11) is 0. The summed E-state index contributed by atoms with van der Waals surface area (Å²) in [4.78, 5) is 12.1. The Labute approximate surface area is 120 Å². The molecular formula is C15H10Cl2O2. The first kappa shape index (κ1) is 12.5. The van der Waals surface area contributed by atoms with Gasteiger partial charge < -0.3 is 4.74 Å². The summed E-state index contributed by atoms with van der Waals surface area (Å²) < 4.78 is 5.86. The maximum absolute atomic E-state index is 12.1. The lowest BCUT2D eigenvalue weighted by molar-refractivity contribution is 0.0850. The van der Waals surface area contributed by atoms with Gasteiger partial charge in [0.25, 0.3) is 0 Å². The minimum atomic E-state index is -0.265. The Morgan fingerprint density at radius 1 is 1.00 bits per heavy atom. The van der Waals surface area contributed by atoms with Gasteiger partial charge >= 0.3 is 0 Å². The van der Waals surface area contributed by atoms with Crippen molar-refractivity contribution in [3.8, 4) is 5.75 Å². The van der Waals surface area contributed by atoms with Crippen LogP contribution >= 0.6 is 23.2 Å². The molecule has 4 heteroatoms. The topological polar surface area (TPSA) is 26.3 Å². The second-order valence-corrected chi connectivity index (χ2v) is 5.30. The van der Waals surface area contributed by atoms with Gasteiger partial charge in [-0.3, -0.25) is 4.79 Å². The van der Waals surface area contributed by atoms with E-state index in [0.29, 0.717) is 27.8 Å². The summed E-state index contributed by atoms with van der Waals surface area (Å²) in [6.07, 6.45) is 0.0491. The van der Waals surface area contributed by atoms with Gasteiger partial charge in [0, 0.05) is 10.0 Å². The van der Waals surface area contributed by atoms with Crippen LogP contribution in [-0.2, 0) is 0 Å². The van der Waals surface area contributed by atoms with Crippen molar-refractivity contribution in [1.29, 1.82) is 0 Å². The molecule has 1 aliphatic rings. The number of carbonyl (C=O) groups is 1.